The number of para-hydroxylation sites is 1. The number of benzene rings is 3. The SMILES string of the molecule is C=CCN1C(=O)C2(c3ccccc31)c1c(oc3ccc(C)cc3c1=O)C(=O)N2c1nnc(SCc2ccccc2)s1. The van der Waals surface area contributed by atoms with Crippen molar-refractivity contribution in [1.82, 2.24) is 10.2 Å². The van der Waals surface area contributed by atoms with E-state index in [2.05, 4.69) is 16.8 Å². The van der Waals surface area contributed by atoms with Gasteiger partial charge < -0.3 is 9.32 Å². The van der Waals surface area contributed by atoms with Gasteiger partial charge in [0.25, 0.3) is 11.8 Å². The molecule has 4 heterocycles. The summed E-state index contributed by atoms with van der Waals surface area (Å²) in [6.45, 7) is 5.89. The number of anilines is 2. The second-order valence-corrected chi connectivity index (χ2v) is 12.0. The molecule has 1 atom stereocenters. The van der Waals surface area contributed by atoms with E-state index in [1.807, 2.05) is 49.4 Å². The van der Waals surface area contributed by atoms with Crippen molar-refractivity contribution in [1.29, 1.82) is 0 Å². The molecule has 0 N–H and O–H groups in total. The van der Waals surface area contributed by atoms with Gasteiger partial charge in [0.05, 0.1) is 16.6 Å². The minimum absolute atomic E-state index is 0.00157. The van der Waals surface area contributed by atoms with E-state index >= 15 is 0 Å². The van der Waals surface area contributed by atoms with Crippen LogP contribution in [0.3, 0.4) is 0 Å². The van der Waals surface area contributed by atoms with Crippen molar-refractivity contribution in [2.24, 2.45) is 0 Å². The topological polar surface area (TPSA) is 96.6 Å². The standard InChI is InChI=1S/C31H22N4O4S2/c1-3-15-34-22-12-8-7-11-21(22)31(28(34)38)24-25(36)20-16-18(2)13-14-23(20)39-26(24)27(37)35(31)29-32-33-30(41-29)40-17-19-9-5-4-6-10-19/h3-14,16H,1,15,17H2,2H3. The molecule has 0 aliphatic carbocycles. The van der Waals surface area contributed by atoms with Crippen LogP contribution in [0.4, 0.5) is 10.8 Å². The molecule has 1 spiro atoms. The van der Waals surface area contributed by atoms with Gasteiger partial charge in [-0.15, -0.1) is 16.8 Å². The van der Waals surface area contributed by atoms with E-state index in [4.69, 9.17) is 4.42 Å². The highest BCUT2D eigenvalue weighted by atomic mass is 32.2. The Kier molecular flexibility index (Phi) is 5.91. The van der Waals surface area contributed by atoms with Gasteiger partial charge in [0.1, 0.15) is 5.58 Å². The van der Waals surface area contributed by atoms with E-state index in [1.54, 1.807) is 41.3 Å². The fraction of sp³-hybridized carbons (Fsp3) is 0.129. The molecule has 3 aromatic carbocycles. The van der Waals surface area contributed by atoms with Gasteiger partial charge in [-0.25, -0.2) is 0 Å². The molecule has 5 aromatic rings. The molecule has 202 valence electrons. The lowest BCUT2D eigenvalue weighted by atomic mass is 9.84. The van der Waals surface area contributed by atoms with Crippen molar-refractivity contribution >= 4 is 56.7 Å². The minimum atomic E-state index is -1.80. The summed E-state index contributed by atoms with van der Waals surface area (Å²) in [7, 11) is 0. The molecule has 10 heteroatoms. The monoisotopic (exact) mass is 578 g/mol. The van der Waals surface area contributed by atoms with Crippen molar-refractivity contribution in [3.63, 3.8) is 0 Å². The molecule has 0 saturated carbocycles. The lowest BCUT2D eigenvalue weighted by molar-refractivity contribution is -0.121. The second kappa shape index (κ2) is 9.53. The third kappa shape index (κ3) is 3.64. The number of fused-ring (bicyclic) bond motifs is 5. The molecule has 0 radical (unpaired) electrons. The van der Waals surface area contributed by atoms with Crippen LogP contribution in [0.1, 0.15) is 32.8 Å². The summed E-state index contributed by atoms with van der Waals surface area (Å²) in [5.74, 6) is -0.560. The number of nitrogens with zero attached hydrogens (tertiary/aromatic N) is 4. The summed E-state index contributed by atoms with van der Waals surface area (Å²) < 4.78 is 6.76. The van der Waals surface area contributed by atoms with Gasteiger partial charge in [0.2, 0.25) is 10.9 Å². The van der Waals surface area contributed by atoms with Crippen LogP contribution in [0.15, 0.2) is 99.0 Å². The smallest absolute Gasteiger partial charge is 0.297 e. The summed E-state index contributed by atoms with van der Waals surface area (Å²) in [6, 6.07) is 22.3. The van der Waals surface area contributed by atoms with E-state index in [0.29, 0.717) is 26.7 Å². The van der Waals surface area contributed by atoms with Crippen LogP contribution in [0.5, 0.6) is 0 Å². The highest BCUT2D eigenvalue weighted by Crippen LogP contribution is 2.54. The van der Waals surface area contributed by atoms with Crippen LogP contribution in [0, 0.1) is 6.92 Å². The maximum Gasteiger partial charge on any atom is 0.297 e. The molecule has 2 aliphatic heterocycles. The molecule has 41 heavy (non-hydrogen) atoms. The van der Waals surface area contributed by atoms with E-state index in [1.165, 1.54) is 28.0 Å². The molecular weight excluding hydrogens is 556 g/mol. The normalized spacial score (nSPS) is 17.5. The van der Waals surface area contributed by atoms with Gasteiger partial charge in [-0.05, 0) is 30.7 Å². The van der Waals surface area contributed by atoms with Crippen molar-refractivity contribution in [3.8, 4) is 0 Å². The van der Waals surface area contributed by atoms with Crippen molar-refractivity contribution in [2.75, 3.05) is 16.3 Å². The molecule has 2 aromatic heterocycles. The van der Waals surface area contributed by atoms with Crippen LogP contribution < -0.4 is 15.2 Å². The summed E-state index contributed by atoms with van der Waals surface area (Å²) in [6.07, 6.45) is 1.62. The Hall–Kier alpha value is -4.54. The Morgan fingerprint density at radius 1 is 1.02 bits per heavy atom. The number of hydrogen-bond donors (Lipinski definition) is 0. The van der Waals surface area contributed by atoms with Crippen LogP contribution in [0.2, 0.25) is 0 Å². The third-order valence-corrected chi connectivity index (χ3v) is 9.50. The van der Waals surface area contributed by atoms with Gasteiger partial charge in [0, 0.05) is 17.9 Å². The van der Waals surface area contributed by atoms with E-state index < -0.39 is 22.8 Å². The van der Waals surface area contributed by atoms with Crippen molar-refractivity contribution in [3.05, 3.63) is 124 Å². The van der Waals surface area contributed by atoms with Gasteiger partial charge in [-0.2, -0.15) is 0 Å². The Balaban J connectivity index is 1.46. The number of aromatic nitrogens is 2. The number of thioether (sulfide) groups is 1. The maximum atomic E-state index is 14.6. The Morgan fingerprint density at radius 3 is 2.61 bits per heavy atom. The Bertz CT molecular complexity index is 1950. The Labute approximate surface area is 242 Å². The predicted octanol–water partition coefficient (Wildman–Crippen LogP) is 5.68. The zero-order valence-corrected chi connectivity index (χ0v) is 23.5. The molecular formula is C31H22N4O4S2. The first-order chi connectivity index (χ1) is 19.9. The summed E-state index contributed by atoms with van der Waals surface area (Å²) >= 11 is 2.68. The summed E-state index contributed by atoms with van der Waals surface area (Å²) in [5.41, 5.74) is 1.13. The zero-order chi connectivity index (χ0) is 28.3. The second-order valence-electron chi connectivity index (χ2n) is 9.83. The first kappa shape index (κ1) is 25.4. The number of amides is 2. The predicted molar refractivity (Wildman–Crippen MR) is 160 cm³/mol. The van der Waals surface area contributed by atoms with Gasteiger partial charge in [-0.3, -0.25) is 19.3 Å². The molecule has 8 nitrogen and oxygen atoms in total. The average molecular weight is 579 g/mol. The van der Waals surface area contributed by atoms with Gasteiger partial charge >= 0.3 is 0 Å². The number of carbonyl (C=O) groups is 2. The summed E-state index contributed by atoms with van der Waals surface area (Å²) in [5, 5.41) is 9.23. The largest absolute Gasteiger partial charge is 0.450 e. The fourth-order valence-electron chi connectivity index (χ4n) is 5.66. The zero-order valence-electron chi connectivity index (χ0n) is 21.9. The van der Waals surface area contributed by atoms with E-state index in [9.17, 15) is 14.4 Å². The van der Waals surface area contributed by atoms with Crippen LogP contribution in [-0.2, 0) is 16.1 Å². The van der Waals surface area contributed by atoms with Gasteiger partial charge in [-0.1, -0.05) is 89.3 Å². The molecule has 1 unspecified atom stereocenters. The van der Waals surface area contributed by atoms with Crippen LogP contribution in [0.25, 0.3) is 11.0 Å². The lowest BCUT2D eigenvalue weighted by Crippen LogP contribution is -2.53. The quantitative estimate of drug-likeness (QED) is 0.145. The van der Waals surface area contributed by atoms with E-state index in [0.717, 1.165) is 11.1 Å². The average Bonchev–Trinajstić information content (AvgIpc) is 3.62. The first-order valence-corrected chi connectivity index (χ1v) is 14.7. The molecule has 2 aliphatic rings. The number of rotatable bonds is 6. The molecule has 0 bridgehead atoms. The Morgan fingerprint density at radius 2 is 1.80 bits per heavy atom. The highest BCUT2D eigenvalue weighted by Gasteiger charge is 2.66. The van der Waals surface area contributed by atoms with E-state index in [-0.39, 0.29) is 28.6 Å². The highest BCUT2D eigenvalue weighted by molar-refractivity contribution is 8.00. The van der Waals surface area contributed by atoms with Crippen molar-refractivity contribution in [2.45, 2.75) is 22.6 Å². The summed E-state index contributed by atoms with van der Waals surface area (Å²) in [4.78, 5) is 46.0. The third-order valence-electron chi connectivity index (χ3n) is 7.38. The minimum Gasteiger partial charge on any atom is -0.450 e. The van der Waals surface area contributed by atoms with Crippen LogP contribution >= 0.6 is 23.1 Å². The maximum absolute atomic E-state index is 14.6. The molecule has 7 rings (SSSR count). The number of carbonyl (C=O) groups excluding carboxylic acids is 2. The van der Waals surface area contributed by atoms with Gasteiger partial charge in [0.15, 0.2) is 15.3 Å². The molecule has 0 fully saturated rings. The van der Waals surface area contributed by atoms with Crippen LogP contribution in [-0.4, -0.2) is 28.6 Å². The van der Waals surface area contributed by atoms with Crippen molar-refractivity contribution < 1.29 is 14.0 Å². The number of hydrogen-bond acceptors (Lipinski definition) is 8. The number of aryl methyl sites for hydroxylation is 1. The first-order valence-electron chi connectivity index (χ1n) is 12.9. The lowest BCUT2D eigenvalue weighted by Gasteiger charge is -2.31. The fourth-order valence-corrected chi connectivity index (χ4v) is 7.51. The molecule has 2 amide bonds. The molecule has 0 saturated heterocycles.